The van der Waals surface area contributed by atoms with E-state index >= 15 is 0 Å². The van der Waals surface area contributed by atoms with Crippen molar-refractivity contribution in [1.82, 2.24) is 24.9 Å². The zero-order valence-electron chi connectivity index (χ0n) is 23.7. The van der Waals surface area contributed by atoms with Crippen molar-refractivity contribution in [3.8, 4) is 0 Å². The fraction of sp³-hybridized carbons (Fsp3) is 0.517. The summed E-state index contributed by atoms with van der Waals surface area (Å²) in [6.45, 7) is 0.892. The molecule has 1 saturated carbocycles. The Kier molecular flexibility index (Phi) is 7.19. The van der Waals surface area contributed by atoms with Crippen LogP contribution in [0.3, 0.4) is 0 Å². The summed E-state index contributed by atoms with van der Waals surface area (Å²) in [7, 11) is -5.75. The minimum atomic E-state index is -5.75. The summed E-state index contributed by atoms with van der Waals surface area (Å²) in [5, 5.41) is 7.74. The molecule has 44 heavy (non-hydrogen) atoms. The van der Waals surface area contributed by atoms with Gasteiger partial charge in [0, 0.05) is 34.6 Å². The van der Waals surface area contributed by atoms with Crippen molar-refractivity contribution in [3.05, 3.63) is 52.2 Å². The van der Waals surface area contributed by atoms with Gasteiger partial charge in [-0.15, -0.1) is 11.3 Å². The van der Waals surface area contributed by atoms with Gasteiger partial charge >= 0.3 is 13.3 Å². The van der Waals surface area contributed by atoms with Gasteiger partial charge in [-0.2, -0.15) is 13.9 Å². The lowest BCUT2D eigenvalue weighted by Gasteiger charge is -2.36. The molecule has 0 radical (unpaired) electrons. The molecular weight excluding hydrogens is 615 g/mol. The number of benzene rings is 1. The second kappa shape index (κ2) is 10.7. The second-order valence-electron chi connectivity index (χ2n) is 12.3. The van der Waals surface area contributed by atoms with Crippen LogP contribution in [0.25, 0.3) is 10.1 Å². The molecule has 0 unspecified atom stereocenters. The molecule has 3 amide bonds. The van der Waals surface area contributed by atoms with E-state index in [4.69, 9.17) is 9.79 Å². The zero-order valence-corrected chi connectivity index (χ0v) is 25.4. The molecular formula is C29H32F2N5O6PS. The number of amides is 3. The number of alkyl halides is 2. The number of aromatic nitrogens is 2. The maximum Gasteiger partial charge on any atom is 0.399 e. The number of rotatable bonds is 6. The van der Waals surface area contributed by atoms with Gasteiger partial charge in [-0.25, -0.2) is 0 Å². The highest BCUT2D eigenvalue weighted by molar-refractivity contribution is 7.52. The summed E-state index contributed by atoms with van der Waals surface area (Å²) in [5.41, 5.74) is -3.26. The Hall–Kier alpha value is -3.19. The lowest BCUT2D eigenvalue weighted by atomic mass is 9.99. The van der Waals surface area contributed by atoms with Crippen LogP contribution < -0.4 is 5.32 Å². The third-order valence-corrected chi connectivity index (χ3v) is 11.3. The first kappa shape index (κ1) is 29.5. The number of hydrogen-bond acceptors (Lipinski definition) is 6. The highest BCUT2D eigenvalue weighted by Gasteiger charge is 2.50. The summed E-state index contributed by atoms with van der Waals surface area (Å²) in [6, 6.07) is 3.48. The van der Waals surface area contributed by atoms with Crippen molar-refractivity contribution in [3.63, 3.8) is 0 Å². The third-order valence-electron chi connectivity index (χ3n) is 9.21. The fourth-order valence-corrected chi connectivity index (χ4v) is 8.14. The van der Waals surface area contributed by atoms with Crippen LogP contribution in [0.15, 0.2) is 30.5 Å². The van der Waals surface area contributed by atoms with E-state index in [1.807, 2.05) is 10.9 Å². The predicted molar refractivity (Wildman–Crippen MR) is 156 cm³/mol. The number of thiophene rings is 1. The van der Waals surface area contributed by atoms with Crippen LogP contribution in [0.1, 0.15) is 83.9 Å². The Bertz CT molecular complexity index is 1690. The molecule has 1 aromatic carbocycles. The number of carbonyl (C=O) groups excluding carboxylic acids is 3. The molecule has 3 N–H and O–H groups in total. The summed E-state index contributed by atoms with van der Waals surface area (Å²) in [5.74, 6) is -0.945. The molecule has 1 aliphatic carbocycles. The van der Waals surface area contributed by atoms with Gasteiger partial charge in [-0.1, -0.05) is 18.9 Å². The van der Waals surface area contributed by atoms with Gasteiger partial charge < -0.3 is 24.9 Å². The molecule has 3 fully saturated rings. The van der Waals surface area contributed by atoms with E-state index < -0.39 is 36.8 Å². The summed E-state index contributed by atoms with van der Waals surface area (Å²) < 4.78 is 42.3. The Morgan fingerprint density at radius 2 is 1.77 bits per heavy atom. The van der Waals surface area contributed by atoms with Crippen molar-refractivity contribution in [2.24, 2.45) is 0 Å². The lowest BCUT2D eigenvalue weighted by molar-refractivity contribution is -0.147. The summed E-state index contributed by atoms with van der Waals surface area (Å²) >= 11 is 1.03. The number of fused-ring (bicyclic) bond motifs is 3. The normalized spacial score (nSPS) is 24.3. The van der Waals surface area contributed by atoms with Crippen LogP contribution in [0.4, 0.5) is 8.78 Å². The van der Waals surface area contributed by atoms with Crippen LogP contribution in [0, 0.1) is 0 Å². The van der Waals surface area contributed by atoms with Gasteiger partial charge in [0.05, 0.1) is 23.2 Å². The molecule has 0 spiro atoms. The number of nitrogens with one attached hydrogen (secondary N) is 1. The average Bonchev–Trinajstić information content (AvgIpc) is 3.28. The Morgan fingerprint density at radius 3 is 2.50 bits per heavy atom. The van der Waals surface area contributed by atoms with Crippen molar-refractivity contribution < 1.29 is 37.5 Å². The van der Waals surface area contributed by atoms with E-state index in [-0.39, 0.29) is 28.1 Å². The lowest BCUT2D eigenvalue weighted by Crippen LogP contribution is -2.56. The largest absolute Gasteiger partial charge is 0.399 e. The summed E-state index contributed by atoms with van der Waals surface area (Å²) in [4.78, 5) is 62.9. The topological polar surface area (TPSA) is 145 Å². The Balaban J connectivity index is 1.07. The zero-order chi connectivity index (χ0) is 31.0. The standard InChI is InChI=1S/C29H32F2N5O6PS/c30-29(31,43(40,41)42)18-5-10-24-16(11-18)12-25(44-24)26(37)32-21-4-2-1-3-20-8-9-23(36(20)27(21)38)28(39)34-13-17-14-35(19-6-7-19)33-22(17)15-34/h5,10-12,14,19-21,23H,1-4,6-9,13,15H2,(H,32,37)(H2,40,41,42)/t20-,21-,23-/m0/s1. The SMILES string of the molecule is O=C(N[C@H]1CCCC[C@H]2CC[C@@H](C(=O)N3Cc4cn(C5CC5)nc4C3)N2C1=O)c1cc2cc(C(F)(F)P(=O)(O)O)ccc2s1. The smallest absolute Gasteiger partial charge is 0.340 e. The van der Waals surface area contributed by atoms with Gasteiger partial charge in [0.25, 0.3) is 5.91 Å². The van der Waals surface area contributed by atoms with E-state index in [0.29, 0.717) is 43.1 Å². The van der Waals surface area contributed by atoms with E-state index in [0.717, 1.165) is 66.8 Å². The highest BCUT2D eigenvalue weighted by atomic mass is 32.1. The molecule has 15 heteroatoms. The first-order chi connectivity index (χ1) is 20.9. The molecule has 3 aromatic rings. The van der Waals surface area contributed by atoms with Crippen molar-refractivity contribution in [1.29, 1.82) is 0 Å². The number of hydrogen-bond donors (Lipinski definition) is 3. The van der Waals surface area contributed by atoms with Gasteiger partial charge in [0.15, 0.2) is 0 Å². The minimum absolute atomic E-state index is 0.0846. The van der Waals surface area contributed by atoms with Crippen LogP contribution in [-0.2, 0) is 32.9 Å². The molecule has 5 heterocycles. The van der Waals surface area contributed by atoms with Gasteiger partial charge in [0.2, 0.25) is 11.8 Å². The van der Waals surface area contributed by atoms with Crippen LogP contribution in [0.2, 0.25) is 0 Å². The van der Waals surface area contributed by atoms with Crippen molar-refractivity contribution >= 4 is 46.7 Å². The minimum Gasteiger partial charge on any atom is -0.340 e. The van der Waals surface area contributed by atoms with Gasteiger partial charge in [-0.05, 0) is 62.1 Å². The Labute approximate surface area is 255 Å². The fourth-order valence-electron chi connectivity index (χ4n) is 6.71. The first-order valence-electron chi connectivity index (χ1n) is 14.9. The molecule has 234 valence electrons. The second-order valence-corrected chi connectivity index (χ2v) is 15.0. The molecule has 3 atom stereocenters. The predicted octanol–water partition coefficient (Wildman–Crippen LogP) is 4.23. The molecule has 2 aromatic heterocycles. The van der Waals surface area contributed by atoms with E-state index in [1.165, 1.54) is 12.1 Å². The van der Waals surface area contributed by atoms with Crippen molar-refractivity contribution in [2.45, 2.75) is 94.3 Å². The van der Waals surface area contributed by atoms with Gasteiger partial charge in [0.1, 0.15) is 12.1 Å². The molecule has 7 rings (SSSR count). The Morgan fingerprint density at radius 1 is 1.02 bits per heavy atom. The number of carbonyl (C=O) groups is 3. The van der Waals surface area contributed by atoms with Gasteiger partial charge in [-0.3, -0.25) is 23.6 Å². The van der Waals surface area contributed by atoms with E-state index in [9.17, 15) is 27.7 Å². The number of halogens is 2. The highest BCUT2D eigenvalue weighted by Crippen LogP contribution is 2.59. The molecule has 3 aliphatic heterocycles. The molecule has 11 nitrogen and oxygen atoms in total. The van der Waals surface area contributed by atoms with Crippen LogP contribution in [0.5, 0.6) is 0 Å². The maximum atomic E-state index is 14.3. The summed E-state index contributed by atoms with van der Waals surface area (Å²) in [6.07, 6.45) is 8.34. The van der Waals surface area contributed by atoms with Crippen LogP contribution >= 0.6 is 18.9 Å². The number of nitrogens with zero attached hydrogens (tertiary/aromatic N) is 4. The maximum absolute atomic E-state index is 14.3. The van der Waals surface area contributed by atoms with E-state index in [1.54, 1.807) is 9.80 Å². The quantitative estimate of drug-likeness (QED) is 0.340. The average molecular weight is 648 g/mol. The monoisotopic (exact) mass is 647 g/mol. The molecule has 2 saturated heterocycles. The third kappa shape index (κ3) is 5.15. The molecule has 4 aliphatic rings. The van der Waals surface area contributed by atoms with Crippen LogP contribution in [-0.4, -0.2) is 65.2 Å². The van der Waals surface area contributed by atoms with E-state index in [2.05, 4.69) is 10.4 Å². The van der Waals surface area contributed by atoms with Crippen molar-refractivity contribution in [2.75, 3.05) is 0 Å². The first-order valence-corrected chi connectivity index (χ1v) is 17.3. The molecule has 0 bridgehead atoms.